The van der Waals surface area contributed by atoms with Crippen LogP contribution in [0.15, 0.2) is 0 Å². The minimum absolute atomic E-state index is 0.292. The van der Waals surface area contributed by atoms with Crippen LogP contribution >= 0.6 is 0 Å². The molecule has 0 rings (SSSR count). The summed E-state index contributed by atoms with van der Waals surface area (Å²) in [6.45, 7) is -0.731. The first kappa shape index (κ1) is 5.85. The van der Waals surface area contributed by atoms with Gasteiger partial charge in [-0.15, -0.1) is 0 Å². The van der Waals surface area contributed by atoms with E-state index < -0.39 is 13.0 Å². The third-order valence-corrected chi connectivity index (χ3v) is 0.356. The maximum absolute atomic E-state index is 10.9. The smallest absolute Gasteiger partial charge is 0.191 e. The number of rotatable bonds is 2. The van der Waals surface area contributed by atoms with Gasteiger partial charge in [-0.05, 0) is 0 Å². The molecule has 0 spiro atoms. The zero-order chi connectivity index (χ0) is 4.99. The summed E-state index contributed by atoms with van der Waals surface area (Å²) in [4.78, 5) is 0. The van der Waals surface area contributed by atoms with E-state index in [4.69, 9.17) is 5.11 Å². The normalized spacial score (nSPS) is 10.0. The Kier molecular flexibility index (Phi) is 2.98. The minimum atomic E-state index is -1.73. The summed E-state index contributed by atoms with van der Waals surface area (Å²) >= 11 is 0. The molecule has 6 heavy (non-hydrogen) atoms. The maximum atomic E-state index is 10.9. The van der Waals surface area contributed by atoms with Crippen molar-refractivity contribution in [3.63, 3.8) is 0 Å². The minimum Gasteiger partial charge on any atom is -0.366 e. The van der Waals surface area contributed by atoms with Crippen LogP contribution in [-0.2, 0) is 5.11 Å². The second-order valence-electron chi connectivity index (χ2n) is 0.932. The summed E-state index contributed by atoms with van der Waals surface area (Å²) in [6, 6.07) is 0. The van der Waals surface area contributed by atoms with Crippen LogP contribution in [0.25, 0.3) is 0 Å². The molecule has 2 nitrogen and oxygen atoms in total. The third kappa shape index (κ3) is 3.85. The second-order valence-corrected chi connectivity index (χ2v) is 0.932. The van der Waals surface area contributed by atoms with Crippen LogP contribution < -0.4 is 0 Å². The number of aliphatic hydroxyl groups is 1. The van der Waals surface area contributed by atoms with Gasteiger partial charge >= 0.3 is 0 Å². The molecule has 0 saturated carbocycles. The first-order valence-corrected chi connectivity index (χ1v) is 1.67. The molecular weight excluding hydrogens is 87.0 g/mol. The number of aliphatic hydroxyl groups excluding tert-OH is 1. The number of alkyl halides is 1. The van der Waals surface area contributed by atoms with Gasteiger partial charge in [0.05, 0.1) is 6.67 Å². The van der Waals surface area contributed by atoms with E-state index in [9.17, 15) is 9.50 Å². The molecule has 37 valence electrons. The largest absolute Gasteiger partial charge is 0.366 e. The summed E-state index contributed by atoms with van der Waals surface area (Å²) in [7, 11) is 0. The molecule has 0 aliphatic heterocycles. The molecule has 3 heteroatoms. The summed E-state index contributed by atoms with van der Waals surface area (Å²) in [5.74, 6) is 0. The molecule has 1 atom stereocenters. The summed E-state index contributed by atoms with van der Waals surface area (Å²) in [5.41, 5.74) is 0. The van der Waals surface area contributed by atoms with Gasteiger partial charge in [0, 0.05) is 6.42 Å². The molecule has 0 aliphatic rings. The Balaban J connectivity index is 2.63. The maximum Gasteiger partial charge on any atom is 0.191 e. The summed E-state index contributed by atoms with van der Waals surface area (Å²) < 4.78 is 10.9. The van der Waals surface area contributed by atoms with Gasteiger partial charge in [0.2, 0.25) is 0 Å². The average Bonchev–Trinajstić information content (AvgIpc) is 1.35. The van der Waals surface area contributed by atoms with Crippen molar-refractivity contribution in [2.24, 2.45) is 0 Å². The van der Waals surface area contributed by atoms with Crippen molar-refractivity contribution in [2.75, 3.05) is 6.67 Å². The average molecular weight is 93.1 g/mol. The number of halogens is 1. The van der Waals surface area contributed by atoms with Crippen molar-refractivity contribution in [1.29, 1.82) is 0 Å². The number of hydrogen-bond acceptors (Lipinski definition) is 1. The first-order chi connectivity index (χ1) is 2.77. The van der Waals surface area contributed by atoms with Crippen molar-refractivity contribution in [1.82, 2.24) is 0 Å². The zero-order valence-corrected chi connectivity index (χ0v) is 3.22. The predicted octanol–water partition coefficient (Wildman–Crippen LogP) is 0.0949. The van der Waals surface area contributed by atoms with Crippen molar-refractivity contribution in [3.8, 4) is 0 Å². The van der Waals surface area contributed by atoms with Crippen LogP contribution in [0.2, 0.25) is 0 Å². The van der Waals surface area contributed by atoms with Gasteiger partial charge < -0.3 is 5.11 Å². The molecule has 0 aromatic heterocycles. The van der Waals surface area contributed by atoms with Crippen LogP contribution in [0, 0.1) is 0 Å². The molecule has 0 aromatic rings. The fourth-order valence-electron chi connectivity index (χ4n) is 0.0933. The fraction of sp³-hybridized carbons (Fsp3) is 1.00. The monoisotopic (exact) mass is 93.0 g/mol. The van der Waals surface area contributed by atoms with Gasteiger partial charge in [-0.3, -0.25) is 4.39 Å². The Labute approximate surface area is 35.2 Å². The van der Waals surface area contributed by atoms with Crippen LogP contribution in [0.1, 0.15) is 6.42 Å². The van der Waals surface area contributed by atoms with Crippen molar-refractivity contribution < 1.29 is 14.6 Å². The van der Waals surface area contributed by atoms with Crippen molar-refractivity contribution >= 4 is 0 Å². The van der Waals surface area contributed by atoms with E-state index in [1.165, 1.54) is 0 Å². The van der Waals surface area contributed by atoms with Crippen LogP contribution in [0.3, 0.4) is 0 Å². The number of hydrogen-bond donors (Lipinski definition) is 1. The first-order valence-electron chi connectivity index (χ1n) is 1.67. The van der Waals surface area contributed by atoms with Crippen LogP contribution in [0.5, 0.6) is 0 Å². The molecule has 0 heterocycles. The molecule has 1 radical (unpaired) electrons. The molecule has 0 fully saturated rings. The molecule has 0 aliphatic carbocycles. The predicted molar refractivity (Wildman–Crippen MR) is 17.3 cm³/mol. The lowest BCUT2D eigenvalue weighted by Gasteiger charge is -1.89. The second kappa shape index (κ2) is 3.06. The highest BCUT2D eigenvalue weighted by Crippen LogP contribution is 1.84. The van der Waals surface area contributed by atoms with Gasteiger partial charge in [-0.25, -0.2) is 5.11 Å². The van der Waals surface area contributed by atoms with Crippen LogP contribution in [0.4, 0.5) is 4.39 Å². The highest BCUT2D eigenvalue weighted by Gasteiger charge is 1.94. The lowest BCUT2D eigenvalue weighted by atomic mass is 10.5. The Hall–Kier alpha value is -0.150. The standard InChI is InChI=1S/C3H6FO2/c4-2-1-3(5)6/h3,5H,1-2H2. The lowest BCUT2D eigenvalue weighted by molar-refractivity contribution is -0.0981. The quantitative estimate of drug-likeness (QED) is 0.483. The molecule has 0 saturated heterocycles. The topological polar surface area (TPSA) is 40.1 Å². The SMILES string of the molecule is [O]C(O)CCF. The van der Waals surface area contributed by atoms with E-state index in [0.717, 1.165) is 0 Å². The zero-order valence-electron chi connectivity index (χ0n) is 3.22. The van der Waals surface area contributed by atoms with Gasteiger partial charge in [0.1, 0.15) is 0 Å². The van der Waals surface area contributed by atoms with E-state index >= 15 is 0 Å². The molecule has 0 amide bonds. The van der Waals surface area contributed by atoms with Gasteiger partial charge in [0.15, 0.2) is 6.29 Å². The van der Waals surface area contributed by atoms with Crippen molar-refractivity contribution in [3.05, 3.63) is 0 Å². The molecule has 0 aromatic carbocycles. The molecule has 1 unspecified atom stereocenters. The molecule has 0 bridgehead atoms. The van der Waals surface area contributed by atoms with Gasteiger partial charge in [0.25, 0.3) is 0 Å². The van der Waals surface area contributed by atoms with Gasteiger partial charge in [-0.1, -0.05) is 0 Å². The van der Waals surface area contributed by atoms with E-state index in [0.29, 0.717) is 0 Å². The molecule has 1 N–H and O–H groups in total. The lowest BCUT2D eigenvalue weighted by Crippen LogP contribution is -2.01. The Morgan fingerprint density at radius 2 is 2.33 bits per heavy atom. The van der Waals surface area contributed by atoms with Gasteiger partial charge in [-0.2, -0.15) is 0 Å². The van der Waals surface area contributed by atoms with E-state index in [2.05, 4.69) is 0 Å². The Morgan fingerprint density at radius 3 is 2.33 bits per heavy atom. The van der Waals surface area contributed by atoms with E-state index in [-0.39, 0.29) is 6.42 Å². The Bertz CT molecular complexity index is 30.0. The van der Waals surface area contributed by atoms with E-state index in [1.54, 1.807) is 0 Å². The summed E-state index contributed by atoms with van der Waals surface area (Å²) in [5, 5.41) is 17.2. The third-order valence-electron chi connectivity index (χ3n) is 0.356. The molecular formula is C3H6FO2. The highest BCUT2D eigenvalue weighted by atomic mass is 19.1. The van der Waals surface area contributed by atoms with E-state index in [1.807, 2.05) is 0 Å². The summed E-state index contributed by atoms with van der Waals surface area (Å²) in [6.07, 6.45) is -2.02. The Morgan fingerprint density at radius 1 is 1.83 bits per heavy atom. The fourth-order valence-corrected chi connectivity index (χ4v) is 0.0933. The highest BCUT2D eigenvalue weighted by molar-refractivity contribution is 4.30. The van der Waals surface area contributed by atoms with Crippen LogP contribution in [-0.4, -0.2) is 18.1 Å². The van der Waals surface area contributed by atoms with Crippen molar-refractivity contribution in [2.45, 2.75) is 12.7 Å².